The Bertz CT molecular complexity index is 395. The third kappa shape index (κ3) is 3.57. The zero-order valence-electron chi connectivity index (χ0n) is 11.1. The molecule has 1 aromatic rings. The van der Waals surface area contributed by atoms with Crippen LogP contribution in [0.4, 0.5) is 5.69 Å². The lowest BCUT2D eigenvalue weighted by atomic mass is 10.1. The van der Waals surface area contributed by atoms with Crippen LogP contribution in [0.2, 0.25) is 0 Å². The zero-order chi connectivity index (χ0) is 13.0. The summed E-state index contributed by atoms with van der Waals surface area (Å²) in [6.07, 6.45) is 7.27. The molecule has 0 radical (unpaired) electrons. The molecule has 1 fully saturated rings. The third-order valence-corrected chi connectivity index (χ3v) is 3.09. The summed E-state index contributed by atoms with van der Waals surface area (Å²) in [5.74, 6) is -0.00139. The first-order valence-corrected chi connectivity index (χ1v) is 6.60. The van der Waals surface area contributed by atoms with Crippen LogP contribution in [0.1, 0.15) is 33.1 Å². The van der Waals surface area contributed by atoms with Gasteiger partial charge in [-0.15, -0.1) is 0 Å². The first-order chi connectivity index (χ1) is 8.65. The van der Waals surface area contributed by atoms with E-state index in [1.165, 1.54) is 6.42 Å². The molecule has 5 nitrogen and oxygen atoms in total. The van der Waals surface area contributed by atoms with Crippen molar-refractivity contribution in [2.24, 2.45) is 5.92 Å². The third-order valence-electron chi connectivity index (χ3n) is 3.09. The summed E-state index contributed by atoms with van der Waals surface area (Å²) in [6.45, 7) is 5.35. The Morgan fingerprint density at radius 1 is 1.61 bits per heavy atom. The summed E-state index contributed by atoms with van der Waals surface area (Å²) in [6, 6.07) is 0. The molecule has 1 atom stereocenters. The Morgan fingerprint density at radius 2 is 2.44 bits per heavy atom. The maximum atomic E-state index is 11.5. The fourth-order valence-corrected chi connectivity index (χ4v) is 1.97. The molecule has 1 N–H and O–H groups in total. The number of nitrogens with zero attached hydrogens (tertiary/aromatic N) is 2. The monoisotopic (exact) mass is 251 g/mol. The predicted molar refractivity (Wildman–Crippen MR) is 69.3 cm³/mol. The number of amides is 1. The number of carbonyl (C=O) groups is 1. The van der Waals surface area contributed by atoms with Crippen molar-refractivity contribution >= 4 is 11.6 Å². The lowest BCUT2D eigenvalue weighted by Crippen LogP contribution is -2.24. The Hall–Kier alpha value is -1.36. The number of hydrogen-bond donors (Lipinski definition) is 1. The summed E-state index contributed by atoms with van der Waals surface area (Å²) >= 11 is 0. The van der Waals surface area contributed by atoms with Crippen LogP contribution in [0.3, 0.4) is 0 Å². The maximum Gasteiger partial charge on any atom is 0.227 e. The van der Waals surface area contributed by atoms with Crippen molar-refractivity contribution < 1.29 is 9.53 Å². The fourth-order valence-electron chi connectivity index (χ4n) is 1.97. The van der Waals surface area contributed by atoms with Crippen LogP contribution >= 0.6 is 0 Å². The molecule has 1 aliphatic heterocycles. The summed E-state index contributed by atoms with van der Waals surface area (Å²) in [7, 11) is 0. The average molecular weight is 251 g/mol. The molecule has 0 saturated carbocycles. The van der Waals surface area contributed by atoms with Crippen LogP contribution in [-0.4, -0.2) is 28.4 Å². The van der Waals surface area contributed by atoms with E-state index in [4.69, 9.17) is 4.74 Å². The Balaban J connectivity index is 1.87. The molecule has 1 aliphatic rings. The normalized spacial score (nSPS) is 20.1. The van der Waals surface area contributed by atoms with E-state index in [2.05, 4.69) is 10.4 Å². The minimum Gasteiger partial charge on any atom is -0.376 e. The number of carbonyl (C=O) groups excluding carboxylic acids is 1. The van der Waals surface area contributed by atoms with Gasteiger partial charge in [-0.3, -0.25) is 9.48 Å². The summed E-state index contributed by atoms with van der Waals surface area (Å²) in [5.41, 5.74) is 0.754. The molecule has 100 valence electrons. The second-order valence-corrected chi connectivity index (χ2v) is 5.08. The van der Waals surface area contributed by atoms with Crippen molar-refractivity contribution in [3.8, 4) is 0 Å². The van der Waals surface area contributed by atoms with Gasteiger partial charge >= 0.3 is 0 Å². The molecule has 0 spiro atoms. The molecule has 1 unspecified atom stereocenters. The van der Waals surface area contributed by atoms with E-state index < -0.39 is 0 Å². The van der Waals surface area contributed by atoms with Gasteiger partial charge in [0.1, 0.15) is 0 Å². The van der Waals surface area contributed by atoms with E-state index in [9.17, 15) is 4.79 Å². The van der Waals surface area contributed by atoms with Gasteiger partial charge in [0.15, 0.2) is 0 Å². The summed E-state index contributed by atoms with van der Waals surface area (Å²) in [4.78, 5) is 11.5. The van der Waals surface area contributed by atoms with Crippen LogP contribution in [-0.2, 0) is 16.1 Å². The largest absolute Gasteiger partial charge is 0.376 e. The average Bonchev–Trinajstić information content (AvgIpc) is 2.77. The highest BCUT2D eigenvalue weighted by Crippen LogP contribution is 2.15. The van der Waals surface area contributed by atoms with Crippen LogP contribution in [0.15, 0.2) is 12.4 Å². The number of aromatic nitrogens is 2. The minimum atomic E-state index is -0.0185. The summed E-state index contributed by atoms with van der Waals surface area (Å²) < 4.78 is 7.50. The minimum absolute atomic E-state index is 0.0171. The van der Waals surface area contributed by atoms with Gasteiger partial charge in [-0.1, -0.05) is 13.8 Å². The van der Waals surface area contributed by atoms with Gasteiger partial charge in [-0.25, -0.2) is 0 Å². The van der Waals surface area contributed by atoms with Crippen molar-refractivity contribution in [1.82, 2.24) is 9.78 Å². The van der Waals surface area contributed by atoms with Crippen LogP contribution in [0.5, 0.6) is 0 Å². The van der Waals surface area contributed by atoms with Gasteiger partial charge < -0.3 is 10.1 Å². The van der Waals surface area contributed by atoms with Crippen molar-refractivity contribution in [2.45, 2.75) is 45.8 Å². The molecule has 2 heterocycles. The van der Waals surface area contributed by atoms with Gasteiger partial charge in [-0.05, 0) is 19.3 Å². The smallest absolute Gasteiger partial charge is 0.227 e. The van der Waals surface area contributed by atoms with E-state index in [1.807, 2.05) is 24.7 Å². The molecule has 1 saturated heterocycles. The molecule has 2 rings (SSSR count). The SMILES string of the molecule is CC(C)C(=O)Nc1cnn(CC2CCCCO2)c1. The molecule has 0 aliphatic carbocycles. The van der Waals surface area contributed by atoms with Crippen molar-refractivity contribution in [2.75, 3.05) is 11.9 Å². The van der Waals surface area contributed by atoms with Crippen LogP contribution < -0.4 is 5.32 Å². The van der Waals surface area contributed by atoms with Crippen molar-refractivity contribution in [1.29, 1.82) is 0 Å². The van der Waals surface area contributed by atoms with Gasteiger partial charge in [0.05, 0.1) is 24.5 Å². The highest BCUT2D eigenvalue weighted by molar-refractivity contribution is 5.91. The van der Waals surface area contributed by atoms with Crippen LogP contribution in [0.25, 0.3) is 0 Å². The van der Waals surface area contributed by atoms with E-state index in [-0.39, 0.29) is 17.9 Å². The molecular weight excluding hydrogens is 230 g/mol. The van der Waals surface area contributed by atoms with E-state index >= 15 is 0 Å². The second kappa shape index (κ2) is 6.00. The summed E-state index contributed by atoms with van der Waals surface area (Å²) in [5, 5.41) is 7.08. The van der Waals surface area contributed by atoms with E-state index in [0.29, 0.717) is 0 Å². The van der Waals surface area contributed by atoms with E-state index in [0.717, 1.165) is 31.7 Å². The van der Waals surface area contributed by atoms with Crippen molar-refractivity contribution in [3.05, 3.63) is 12.4 Å². The van der Waals surface area contributed by atoms with Crippen LogP contribution in [0, 0.1) is 5.92 Å². The van der Waals surface area contributed by atoms with Crippen molar-refractivity contribution in [3.63, 3.8) is 0 Å². The molecule has 0 aromatic carbocycles. The zero-order valence-corrected chi connectivity index (χ0v) is 11.1. The lowest BCUT2D eigenvalue weighted by Gasteiger charge is -2.22. The number of hydrogen-bond acceptors (Lipinski definition) is 3. The predicted octanol–water partition coefficient (Wildman–Crippen LogP) is 2.05. The second-order valence-electron chi connectivity index (χ2n) is 5.08. The quantitative estimate of drug-likeness (QED) is 0.891. The van der Waals surface area contributed by atoms with Gasteiger partial charge in [0, 0.05) is 18.7 Å². The number of ether oxygens (including phenoxy) is 1. The van der Waals surface area contributed by atoms with Gasteiger partial charge in [0.25, 0.3) is 0 Å². The Labute approximate surface area is 108 Å². The number of nitrogens with one attached hydrogen (secondary N) is 1. The van der Waals surface area contributed by atoms with Gasteiger partial charge in [-0.2, -0.15) is 5.10 Å². The number of rotatable bonds is 4. The molecule has 5 heteroatoms. The topological polar surface area (TPSA) is 56.2 Å². The highest BCUT2D eigenvalue weighted by atomic mass is 16.5. The molecule has 1 amide bonds. The fraction of sp³-hybridized carbons (Fsp3) is 0.692. The molecule has 18 heavy (non-hydrogen) atoms. The molecular formula is C13H21N3O2. The number of anilines is 1. The van der Waals surface area contributed by atoms with E-state index in [1.54, 1.807) is 6.20 Å². The lowest BCUT2D eigenvalue weighted by molar-refractivity contribution is -0.118. The Kier molecular flexibility index (Phi) is 4.36. The Morgan fingerprint density at radius 3 is 3.11 bits per heavy atom. The van der Waals surface area contributed by atoms with Gasteiger partial charge in [0.2, 0.25) is 5.91 Å². The first kappa shape index (κ1) is 13.1. The first-order valence-electron chi connectivity index (χ1n) is 6.60. The molecule has 1 aromatic heterocycles. The highest BCUT2D eigenvalue weighted by Gasteiger charge is 2.15. The standard InChI is InChI=1S/C13H21N3O2/c1-10(2)13(17)15-11-7-14-16(8-11)9-12-5-3-4-6-18-12/h7-8,10,12H,3-6,9H2,1-2H3,(H,15,17). The molecule has 0 bridgehead atoms. The maximum absolute atomic E-state index is 11.5.